The Kier molecular flexibility index (Phi) is 5.02. The van der Waals surface area contributed by atoms with Gasteiger partial charge in [0, 0.05) is 31.2 Å². The fraction of sp³-hybridized carbons (Fsp3) is 0.450. The number of hydrogen-bond donors (Lipinski definition) is 1. The van der Waals surface area contributed by atoms with E-state index in [9.17, 15) is 4.79 Å². The summed E-state index contributed by atoms with van der Waals surface area (Å²) in [5.41, 5.74) is 2.58. The van der Waals surface area contributed by atoms with E-state index < -0.39 is 0 Å². The lowest BCUT2D eigenvalue weighted by atomic mass is 9.87. The predicted octanol–water partition coefficient (Wildman–Crippen LogP) is 4.02. The van der Waals surface area contributed by atoms with Crippen LogP contribution in [-0.2, 0) is 5.41 Å². The summed E-state index contributed by atoms with van der Waals surface area (Å²) in [5.74, 6) is 0.527. The summed E-state index contributed by atoms with van der Waals surface area (Å²) >= 11 is 0. The van der Waals surface area contributed by atoms with Crippen LogP contribution in [0.1, 0.15) is 56.0 Å². The highest BCUT2D eigenvalue weighted by Crippen LogP contribution is 2.23. The SMILES string of the molecule is CC(C)(C)c1ccc(NC(=O)c2cnc(N3CCCCC3)nc2)cc1. The van der Waals surface area contributed by atoms with Crippen molar-refractivity contribution in [3.05, 3.63) is 47.8 Å². The van der Waals surface area contributed by atoms with Crippen molar-refractivity contribution in [2.24, 2.45) is 0 Å². The normalized spacial score (nSPS) is 15.1. The van der Waals surface area contributed by atoms with Crippen molar-refractivity contribution >= 4 is 17.5 Å². The van der Waals surface area contributed by atoms with Crippen molar-refractivity contribution in [1.29, 1.82) is 0 Å². The van der Waals surface area contributed by atoms with Crippen molar-refractivity contribution < 1.29 is 4.79 Å². The van der Waals surface area contributed by atoms with Gasteiger partial charge in [-0.05, 0) is 42.4 Å². The highest BCUT2D eigenvalue weighted by atomic mass is 16.1. The van der Waals surface area contributed by atoms with Crippen LogP contribution in [0.5, 0.6) is 0 Å². The van der Waals surface area contributed by atoms with Crippen molar-refractivity contribution in [2.75, 3.05) is 23.3 Å². The van der Waals surface area contributed by atoms with E-state index >= 15 is 0 Å². The lowest BCUT2D eigenvalue weighted by Crippen LogP contribution is -2.31. The Hall–Kier alpha value is -2.43. The highest BCUT2D eigenvalue weighted by molar-refractivity contribution is 6.03. The van der Waals surface area contributed by atoms with Gasteiger partial charge in [-0.1, -0.05) is 32.9 Å². The molecule has 3 rings (SSSR count). The van der Waals surface area contributed by atoms with E-state index in [-0.39, 0.29) is 11.3 Å². The molecule has 0 saturated carbocycles. The van der Waals surface area contributed by atoms with Crippen LogP contribution in [-0.4, -0.2) is 29.0 Å². The molecular formula is C20H26N4O. The minimum atomic E-state index is -0.186. The summed E-state index contributed by atoms with van der Waals surface area (Å²) in [6.07, 6.45) is 6.84. The number of amides is 1. The summed E-state index contributed by atoms with van der Waals surface area (Å²) in [6.45, 7) is 8.49. The lowest BCUT2D eigenvalue weighted by molar-refractivity contribution is 0.102. The van der Waals surface area contributed by atoms with Crippen LogP contribution in [0.4, 0.5) is 11.6 Å². The van der Waals surface area contributed by atoms with Crippen molar-refractivity contribution in [1.82, 2.24) is 9.97 Å². The number of anilines is 2. The number of piperidine rings is 1. The zero-order valence-corrected chi connectivity index (χ0v) is 15.2. The van der Waals surface area contributed by atoms with Crippen LogP contribution >= 0.6 is 0 Å². The average Bonchev–Trinajstić information content (AvgIpc) is 2.62. The van der Waals surface area contributed by atoms with Gasteiger partial charge in [0.05, 0.1) is 5.56 Å². The van der Waals surface area contributed by atoms with Crippen molar-refractivity contribution in [3.8, 4) is 0 Å². The van der Waals surface area contributed by atoms with E-state index in [4.69, 9.17) is 0 Å². The fourth-order valence-electron chi connectivity index (χ4n) is 2.95. The number of nitrogens with one attached hydrogen (secondary N) is 1. The van der Waals surface area contributed by atoms with Crippen LogP contribution in [0.2, 0.25) is 0 Å². The number of hydrogen-bond acceptors (Lipinski definition) is 4. The molecule has 0 aliphatic carbocycles. The zero-order chi connectivity index (χ0) is 17.9. The molecular weight excluding hydrogens is 312 g/mol. The smallest absolute Gasteiger partial charge is 0.258 e. The lowest BCUT2D eigenvalue weighted by Gasteiger charge is -2.26. The first-order valence-corrected chi connectivity index (χ1v) is 8.92. The third kappa shape index (κ3) is 4.35. The Morgan fingerprint density at radius 2 is 1.60 bits per heavy atom. The monoisotopic (exact) mass is 338 g/mol. The highest BCUT2D eigenvalue weighted by Gasteiger charge is 2.15. The number of benzene rings is 1. The van der Waals surface area contributed by atoms with E-state index in [0.717, 1.165) is 18.8 Å². The molecule has 5 nitrogen and oxygen atoms in total. The van der Waals surface area contributed by atoms with Crippen LogP contribution in [0.3, 0.4) is 0 Å². The third-order valence-corrected chi connectivity index (χ3v) is 4.55. The molecule has 0 radical (unpaired) electrons. The maximum atomic E-state index is 12.4. The quantitative estimate of drug-likeness (QED) is 0.918. The molecule has 2 aromatic rings. The maximum absolute atomic E-state index is 12.4. The summed E-state index contributed by atoms with van der Waals surface area (Å²) in [4.78, 5) is 23.3. The largest absolute Gasteiger partial charge is 0.341 e. The number of nitrogens with zero attached hydrogens (tertiary/aromatic N) is 3. The molecule has 0 unspecified atom stereocenters. The average molecular weight is 338 g/mol. The van der Waals surface area contributed by atoms with E-state index in [2.05, 4.69) is 41.0 Å². The minimum Gasteiger partial charge on any atom is -0.341 e. The van der Waals surface area contributed by atoms with Gasteiger partial charge < -0.3 is 10.2 Å². The summed E-state index contributed by atoms with van der Waals surface area (Å²) in [7, 11) is 0. The maximum Gasteiger partial charge on any atom is 0.258 e. The van der Waals surface area contributed by atoms with Crippen LogP contribution in [0.25, 0.3) is 0 Å². The van der Waals surface area contributed by atoms with Crippen molar-refractivity contribution in [3.63, 3.8) is 0 Å². The second kappa shape index (κ2) is 7.21. The molecule has 1 aromatic carbocycles. The van der Waals surface area contributed by atoms with E-state index in [1.807, 2.05) is 24.3 Å². The second-order valence-electron chi connectivity index (χ2n) is 7.60. The van der Waals surface area contributed by atoms with Gasteiger partial charge in [0.15, 0.2) is 0 Å². The number of rotatable bonds is 3. The van der Waals surface area contributed by atoms with Gasteiger partial charge >= 0.3 is 0 Å². The number of carbonyl (C=O) groups excluding carboxylic acids is 1. The van der Waals surface area contributed by atoms with Gasteiger partial charge in [-0.3, -0.25) is 4.79 Å². The topological polar surface area (TPSA) is 58.1 Å². The zero-order valence-electron chi connectivity index (χ0n) is 15.2. The minimum absolute atomic E-state index is 0.0979. The molecule has 5 heteroatoms. The summed E-state index contributed by atoms with van der Waals surface area (Å²) in [5, 5.41) is 2.90. The molecule has 1 fully saturated rings. The predicted molar refractivity (Wildman–Crippen MR) is 101 cm³/mol. The van der Waals surface area contributed by atoms with Gasteiger partial charge in [0.1, 0.15) is 0 Å². The molecule has 1 N–H and O–H groups in total. The molecule has 132 valence electrons. The van der Waals surface area contributed by atoms with Crippen molar-refractivity contribution in [2.45, 2.75) is 45.4 Å². The van der Waals surface area contributed by atoms with Gasteiger partial charge in [-0.15, -0.1) is 0 Å². The summed E-state index contributed by atoms with van der Waals surface area (Å²) in [6, 6.07) is 7.96. The van der Waals surface area contributed by atoms with E-state index in [1.54, 1.807) is 12.4 Å². The Morgan fingerprint density at radius 1 is 1.00 bits per heavy atom. The Labute approximate surface area is 149 Å². The van der Waals surface area contributed by atoms with Crippen LogP contribution in [0, 0.1) is 0 Å². The van der Waals surface area contributed by atoms with E-state index in [0.29, 0.717) is 11.5 Å². The number of carbonyl (C=O) groups is 1. The van der Waals surface area contributed by atoms with Gasteiger partial charge in [0.2, 0.25) is 5.95 Å². The molecule has 2 heterocycles. The van der Waals surface area contributed by atoms with Gasteiger partial charge in [-0.25, -0.2) is 9.97 Å². The molecule has 1 aliphatic rings. The Morgan fingerprint density at radius 3 is 2.16 bits per heavy atom. The van der Waals surface area contributed by atoms with Gasteiger partial charge in [-0.2, -0.15) is 0 Å². The van der Waals surface area contributed by atoms with Crippen LogP contribution in [0.15, 0.2) is 36.7 Å². The molecule has 1 aromatic heterocycles. The molecule has 0 spiro atoms. The Bertz CT molecular complexity index is 711. The van der Waals surface area contributed by atoms with Crippen LogP contribution < -0.4 is 10.2 Å². The van der Waals surface area contributed by atoms with Gasteiger partial charge in [0.25, 0.3) is 5.91 Å². The standard InChI is InChI=1S/C20H26N4O/c1-20(2,3)16-7-9-17(10-8-16)23-18(25)15-13-21-19(22-14-15)24-11-5-4-6-12-24/h7-10,13-14H,4-6,11-12H2,1-3H3,(H,23,25). The molecule has 1 amide bonds. The number of aromatic nitrogens is 2. The fourth-order valence-corrected chi connectivity index (χ4v) is 2.95. The third-order valence-electron chi connectivity index (χ3n) is 4.55. The second-order valence-corrected chi connectivity index (χ2v) is 7.60. The molecule has 0 atom stereocenters. The first-order chi connectivity index (χ1) is 11.9. The summed E-state index contributed by atoms with van der Waals surface area (Å²) < 4.78 is 0. The molecule has 1 aliphatic heterocycles. The molecule has 1 saturated heterocycles. The first kappa shape index (κ1) is 17.4. The van der Waals surface area contributed by atoms with E-state index in [1.165, 1.54) is 24.8 Å². The molecule has 0 bridgehead atoms. The molecule has 25 heavy (non-hydrogen) atoms. The Balaban J connectivity index is 1.64. The first-order valence-electron chi connectivity index (χ1n) is 8.92.